The first kappa shape index (κ1) is 54.1. The van der Waals surface area contributed by atoms with Gasteiger partial charge in [-0.05, 0) is 40.3 Å². The number of aryl methyl sites for hydroxylation is 2. The van der Waals surface area contributed by atoms with Crippen LogP contribution in [-0.4, -0.2) is 6.15 Å². The summed E-state index contributed by atoms with van der Waals surface area (Å²) >= 11 is 0. The predicted octanol–water partition coefficient (Wildman–Crippen LogP) is 13.5. The molecule has 7 aromatic rings. The Morgan fingerprint density at radius 1 is 0.293 bits per heavy atom. The van der Waals surface area contributed by atoms with Gasteiger partial charge in [0, 0.05) is 0 Å². The highest BCUT2D eigenvalue weighted by atomic mass is 19.4. The van der Waals surface area contributed by atoms with Crippen LogP contribution in [0.2, 0.25) is 0 Å². The fraction of sp³-hybridized carbons (Fsp3) is 0.111. The molecular formula is C45H9BF29-. The van der Waals surface area contributed by atoms with Crippen LogP contribution in [0.25, 0.3) is 33.0 Å². The average Bonchev–Trinajstić information content (AvgIpc) is 3.29. The summed E-state index contributed by atoms with van der Waals surface area (Å²) in [5.74, 6) is -81.2. The van der Waals surface area contributed by atoms with E-state index < -0.39 is 202 Å². The molecule has 0 amide bonds. The molecule has 30 heteroatoms. The van der Waals surface area contributed by atoms with Crippen LogP contribution in [0.15, 0.2) is 30.3 Å². The zero-order valence-electron chi connectivity index (χ0n) is 34.8. The highest BCUT2D eigenvalue weighted by Gasteiger charge is 2.56. The topological polar surface area (TPSA) is 0 Å². The Bertz CT molecular complexity index is 3340. The first-order valence-corrected chi connectivity index (χ1v) is 19.7. The molecule has 0 nitrogen and oxygen atoms in total. The fourth-order valence-electron chi connectivity index (χ4n) is 9.34. The van der Waals surface area contributed by atoms with E-state index in [2.05, 4.69) is 0 Å². The van der Waals surface area contributed by atoms with E-state index in [0.717, 1.165) is 12.1 Å². The SMILES string of the molecule is Fc1c(F)c(-c2cc3c(c4ccccc24)CC3)c(F)c(F)c1-c1c(F)c(F)c([B-](c2c(F)c(F)c(C(F)(F)F)c(F)c2F)(c2c(F)c(F)c(C(F)(F)F)c(F)c2F)c2c(F)c(F)c(C(F)(F)F)c(F)c2F)c(F)c1F. The van der Waals surface area contributed by atoms with Crippen molar-refractivity contribution in [2.75, 3.05) is 0 Å². The molecule has 0 heterocycles. The second-order valence-electron chi connectivity index (χ2n) is 16.2. The van der Waals surface area contributed by atoms with Crippen LogP contribution in [-0.2, 0) is 31.4 Å². The molecule has 1 aliphatic rings. The zero-order chi connectivity index (χ0) is 56.2. The first-order valence-electron chi connectivity index (χ1n) is 19.7. The number of fused-ring (bicyclic) bond motifs is 3. The maximum atomic E-state index is 17.2. The van der Waals surface area contributed by atoms with Crippen LogP contribution in [0.4, 0.5) is 127 Å². The van der Waals surface area contributed by atoms with Gasteiger partial charge >= 0.3 is 18.5 Å². The second-order valence-corrected chi connectivity index (χ2v) is 16.2. The minimum atomic E-state index is -8.28. The van der Waals surface area contributed by atoms with Crippen LogP contribution >= 0.6 is 0 Å². The van der Waals surface area contributed by atoms with Crippen LogP contribution < -0.4 is 21.9 Å². The zero-order valence-corrected chi connectivity index (χ0v) is 34.8. The third-order valence-electron chi connectivity index (χ3n) is 12.4. The molecule has 0 spiro atoms. The van der Waals surface area contributed by atoms with E-state index in [0.29, 0.717) is 12.0 Å². The smallest absolute Gasteiger partial charge is 0.207 e. The molecule has 0 N–H and O–H groups in total. The minimum absolute atomic E-state index is 0.141. The van der Waals surface area contributed by atoms with E-state index >= 15 is 87.8 Å². The number of rotatable bonds is 6. The van der Waals surface area contributed by atoms with Crippen LogP contribution in [0.3, 0.4) is 0 Å². The molecule has 0 aromatic heterocycles. The lowest BCUT2D eigenvalue weighted by atomic mass is 9.12. The molecule has 8 rings (SSSR count). The van der Waals surface area contributed by atoms with E-state index in [4.69, 9.17) is 0 Å². The van der Waals surface area contributed by atoms with E-state index in [1.165, 1.54) is 18.2 Å². The van der Waals surface area contributed by atoms with Crippen LogP contribution in [0, 0.1) is 116 Å². The summed E-state index contributed by atoms with van der Waals surface area (Å²) in [6, 6.07) is 5.93. The monoisotopic (exact) mass is 1110 g/mol. The molecular weight excluding hydrogens is 1100 g/mol. The molecule has 0 bridgehead atoms. The van der Waals surface area contributed by atoms with Gasteiger partial charge in [-0.25, -0.2) is 87.8 Å². The highest BCUT2D eigenvalue weighted by molar-refractivity contribution is 7.20. The Hall–Kier alpha value is -7.17. The summed E-state index contributed by atoms with van der Waals surface area (Å²) in [6.45, 7) is 0. The van der Waals surface area contributed by atoms with E-state index in [1.54, 1.807) is 0 Å². The molecule has 0 saturated carbocycles. The fourth-order valence-corrected chi connectivity index (χ4v) is 9.34. The molecule has 0 aliphatic heterocycles. The van der Waals surface area contributed by atoms with Gasteiger partial charge in [-0.15, -0.1) is 21.9 Å². The van der Waals surface area contributed by atoms with Gasteiger partial charge in [-0.3, -0.25) is 0 Å². The molecule has 1 aliphatic carbocycles. The third kappa shape index (κ3) is 7.40. The van der Waals surface area contributed by atoms with Crippen molar-refractivity contribution in [2.45, 2.75) is 31.4 Å². The summed E-state index contributed by atoms with van der Waals surface area (Å²) in [6.07, 6.45) is -28.6. The van der Waals surface area contributed by atoms with Crippen molar-refractivity contribution in [1.29, 1.82) is 0 Å². The van der Waals surface area contributed by atoms with Gasteiger partial charge in [0.15, 0.2) is 69.8 Å². The van der Waals surface area contributed by atoms with Crippen LogP contribution in [0.5, 0.6) is 0 Å². The average molecular weight is 1110 g/mol. The van der Waals surface area contributed by atoms with E-state index in [-0.39, 0.29) is 22.8 Å². The van der Waals surface area contributed by atoms with Gasteiger partial charge < -0.3 is 0 Å². The van der Waals surface area contributed by atoms with Crippen molar-refractivity contribution < 1.29 is 127 Å². The first-order chi connectivity index (χ1) is 34.5. The van der Waals surface area contributed by atoms with Crippen molar-refractivity contribution in [3.63, 3.8) is 0 Å². The number of hydrogen-bond donors (Lipinski definition) is 0. The molecule has 0 fully saturated rings. The Morgan fingerprint density at radius 2 is 0.547 bits per heavy atom. The molecule has 0 atom stereocenters. The quantitative estimate of drug-likeness (QED) is 0.0884. The number of alkyl halides is 9. The van der Waals surface area contributed by atoms with E-state index in [9.17, 15) is 39.5 Å². The van der Waals surface area contributed by atoms with Gasteiger partial charge in [0.05, 0.1) is 16.7 Å². The summed E-state index contributed by atoms with van der Waals surface area (Å²) in [4.78, 5) is 0. The second kappa shape index (κ2) is 17.5. The van der Waals surface area contributed by atoms with Crippen LogP contribution in [0.1, 0.15) is 27.8 Å². The minimum Gasteiger partial charge on any atom is -0.207 e. The Balaban J connectivity index is 1.66. The maximum absolute atomic E-state index is 17.2. The largest absolute Gasteiger partial charge is 0.422 e. The normalized spacial score (nSPS) is 13.3. The van der Waals surface area contributed by atoms with Gasteiger partial charge in [0.1, 0.15) is 69.4 Å². The molecule has 0 saturated heterocycles. The van der Waals surface area contributed by atoms with Gasteiger partial charge in [-0.1, -0.05) is 30.3 Å². The Labute approximate surface area is 394 Å². The Morgan fingerprint density at radius 3 is 0.813 bits per heavy atom. The van der Waals surface area contributed by atoms with Crippen molar-refractivity contribution in [1.82, 2.24) is 0 Å². The molecule has 0 radical (unpaired) electrons. The van der Waals surface area contributed by atoms with Crippen molar-refractivity contribution in [2.24, 2.45) is 0 Å². The maximum Gasteiger partial charge on any atom is 0.422 e. The summed E-state index contributed by atoms with van der Waals surface area (Å²) in [5, 5.41) is -0.0522. The van der Waals surface area contributed by atoms with E-state index in [1.807, 2.05) is 0 Å². The van der Waals surface area contributed by atoms with Gasteiger partial charge in [0.2, 0.25) is 0 Å². The lowest BCUT2D eigenvalue weighted by molar-refractivity contribution is -0.144. The summed E-state index contributed by atoms with van der Waals surface area (Å²) in [5.41, 5.74) is -37.6. The summed E-state index contributed by atoms with van der Waals surface area (Å²) in [7, 11) is 0. The van der Waals surface area contributed by atoms with Crippen molar-refractivity contribution in [3.05, 3.63) is 174 Å². The van der Waals surface area contributed by atoms with Gasteiger partial charge in [0.25, 0.3) is 0 Å². The number of halogens is 29. The predicted molar refractivity (Wildman–Crippen MR) is 200 cm³/mol. The molecule has 7 aromatic carbocycles. The number of benzene rings is 7. The lowest BCUT2D eigenvalue weighted by Crippen LogP contribution is -2.81. The number of hydrogen-bond acceptors (Lipinski definition) is 0. The van der Waals surface area contributed by atoms with Crippen molar-refractivity contribution >= 4 is 38.8 Å². The lowest BCUT2D eigenvalue weighted by Gasteiger charge is -2.45. The molecule has 0 unspecified atom stereocenters. The molecule has 75 heavy (non-hydrogen) atoms. The standard InChI is InChI=1S/C45H9BF29/c47-23-13(12-7-8-5-6-9(8)10-3-1-2-4-11(10)12)24(48)26(50)14(25(23)49)15-27(51)35(59)19(36(60)28(15)52)46(20-37(61)29(53)16(43(67,68)69)30(54)38(20)62,21-39(63)31(55)17(44(70,71)72)32(56)40(21)64)22-41(65)33(57)18(45(73,74)75)34(58)42(22)66/h1-4,7H,5-6H2/q-1. The van der Waals surface area contributed by atoms with Crippen molar-refractivity contribution in [3.8, 4) is 22.3 Å². The van der Waals surface area contributed by atoms with Gasteiger partial charge in [-0.2, -0.15) is 39.5 Å². The third-order valence-corrected chi connectivity index (χ3v) is 12.4. The highest BCUT2D eigenvalue weighted by Crippen LogP contribution is 2.46. The summed E-state index contributed by atoms with van der Waals surface area (Å²) < 4.78 is 450. The Kier molecular flexibility index (Phi) is 12.6. The molecule has 396 valence electrons.